The fourth-order valence-electron chi connectivity index (χ4n) is 1.77. The molecule has 0 aliphatic rings. The number of nitrogens with one attached hydrogen (secondary N) is 1. The Balaban J connectivity index is 2.23. The zero-order valence-electron chi connectivity index (χ0n) is 11.6. The van der Waals surface area contributed by atoms with Gasteiger partial charge < -0.3 is 5.32 Å². The van der Waals surface area contributed by atoms with Crippen molar-refractivity contribution in [3.63, 3.8) is 0 Å². The van der Waals surface area contributed by atoms with Crippen LogP contribution in [0, 0.1) is 0 Å². The van der Waals surface area contributed by atoms with Crippen LogP contribution in [0.4, 0.5) is 13.2 Å². The van der Waals surface area contributed by atoms with Crippen LogP contribution in [0.15, 0.2) is 30.6 Å². The Kier molecular flexibility index (Phi) is 4.58. The van der Waals surface area contributed by atoms with Crippen molar-refractivity contribution >= 4 is 11.6 Å². The third-order valence-corrected chi connectivity index (χ3v) is 3.19. The van der Waals surface area contributed by atoms with Crippen molar-refractivity contribution in [3.8, 4) is 5.69 Å². The van der Waals surface area contributed by atoms with Crippen LogP contribution in [-0.2, 0) is 12.7 Å². The zero-order valence-corrected chi connectivity index (χ0v) is 12.3. The number of hydrogen-bond acceptors (Lipinski definition) is 2. The average Bonchev–Trinajstić information content (AvgIpc) is 2.85. The normalized spacial score (nSPS) is 12.1. The van der Waals surface area contributed by atoms with Crippen LogP contribution >= 0.6 is 11.6 Å². The van der Waals surface area contributed by atoms with Gasteiger partial charge in [0.25, 0.3) is 0 Å². The molecule has 21 heavy (non-hydrogen) atoms. The second-order valence-electron chi connectivity index (χ2n) is 4.99. The SMILES string of the molecule is CC(C)NCc1ccc(-n2cc(C(F)(F)F)cn2)c(Cl)c1. The van der Waals surface area contributed by atoms with E-state index in [2.05, 4.69) is 10.4 Å². The number of nitrogens with zero attached hydrogens (tertiary/aromatic N) is 2. The van der Waals surface area contributed by atoms with Gasteiger partial charge in [-0.1, -0.05) is 31.5 Å². The molecule has 0 saturated carbocycles. The monoisotopic (exact) mass is 317 g/mol. The molecule has 0 aliphatic carbocycles. The molecule has 0 spiro atoms. The molecule has 1 N–H and O–H groups in total. The van der Waals surface area contributed by atoms with Crippen LogP contribution in [0.3, 0.4) is 0 Å². The molecule has 0 amide bonds. The van der Waals surface area contributed by atoms with Crippen LogP contribution in [0.25, 0.3) is 5.69 Å². The molecular formula is C14H15ClF3N3. The summed E-state index contributed by atoms with van der Waals surface area (Å²) in [7, 11) is 0. The summed E-state index contributed by atoms with van der Waals surface area (Å²) in [5.74, 6) is 0. The minimum Gasteiger partial charge on any atom is -0.310 e. The molecule has 3 nitrogen and oxygen atoms in total. The van der Waals surface area contributed by atoms with Gasteiger partial charge in [-0.25, -0.2) is 4.68 Å². The van der Waals surface area contributed by atoms with Crippen molar-refractivity contribution in [3.05, 3.63) is 46.7 Å². The maximum Gasteiger partial charge on any atom is 0.419 e. The Morgan fingerprint density at radius 3 is 2.57 bits per heavy atom. The standard InChI is InChI=1S/C14H15ClF3N3/c1-9(2)19-6-10-3-4-13(12(15)5-10)21-8-11(7-20-21)14(16,17)18/h3-5,7-9,19H,6H2,1-2H3. The van der Waals surface area contributed by atoms with E-state index in [0.717, 1.165) is 22.6 Å². The molecule has 0 fully saturated rings. The summed E-state index contributed by atoms with van der Waals surface area (Å²) in [6.07, 6.45) is -2.70. The molecule has 0 aliphatic heterocycles. The summed E-state index contributed by atoms with van der Waals surface area (Å²) in [5.41, 5.74) is 0.574. The molecule has 0 atom stereocenters. The van der Waals surface area contributed by atoms with Crippen LogP contribution in [0.1, 0.15) is 25.0 Å². The number of hydrogen-bond donors (Lipinski definition) is 1. The minimum absolute atomic E-state index is 0.337. The molecule has 114 valence electrons. The lowest BCUT2D eigenvalue weighted by Crippen LogP contribution is -2.21. The molecule has 1 aromatic heterocycles. The number of rotatable bonds is 4. The first-order valence-electron chi connectivity index (χ1n) is 6.41. The van der Waals surface area contributed by atoms with Gasteiger partial charge >= 0.3 is 6.18 Å². The van der Waals surface area contributed by atoms with E-state index in [1.807, 2.05) is 19.9 Å². The highest BCUT2D eigenvalue weighted by Crippen LogP contribution is 2.30. The smallest absolute Gasteiger partial charge is 0.310 e. The van der Waals surface area contributed by atoms with E-state index in [9.17, 15) is 13.2 Å². The van der Waals surface area contributed by atoms with E-state index in [0.29, 0.717) is 23.3 Å². The van der Waals surface area contributed by atoms with E-state index >= 15 is 0 Å². The Bertz CT molecular complexity index is 620. The first-order valence-corrected chi connectivity index (χ1v) is 6.79. The maximum absolute atomic E-state index is 12.6. The van der Waals surface area contributed by atoms with Crippen molar-refractivity contribution in [2.45, 2.75) is 32.6 Å². The second-order valence-corrected chi connectivity index (χ2v) is 5.40. The first kappa shape index (κ1) is 15.9. The van der Waals surface area contributed by atoms with Gasteiger partial charge in [-0.05, 0) is 17.7 Å². The molecule has 2 aromatic rings. The Labute approximate surface area is 125 Å². The van der Waals surface area contributed by atoms with Crippen LogP contribution in [0.2, 0.25) is 5.02 Å². The molecular weight excluding hydrogens is 303 g/mol. The zero-order chi connectivity index (χ0) is 15.6. The molecule has 1 heterocycles. The van der Waals surface area contributed by atoms with E-state index in [4.69, 9.17) is 11.6 Å². The molecule has 0 saturated heterocycles. The van der Waals surface area contributed by atoms with Crippen molar-refractivity contribution in [2.75, 3.05) is 0 Å². The van der Waals surface area contributed by atoms with Crippen molar-refractivity contribution < 1.29 is 13.2 Å². The topological polar surface area (TPSA) is 29.9 Å². The van der Waals surface area contributed by atoms with E-state index in [1.165, 1.54) is 0 Å². The highest BCUT2D eigenvalue weighted by molar-refractivity contribution is 6.32. The van der Waals surface area contributed by atoms with Gasteiger partial charge in [0.1, 0.15) is 0 Å². The maximum atomic E-state index is 12.6. The van der Waals surface area contributed by atoms with Crippen LogP contribution < -0.4 is 5.32 Å². The summed E-state index contributed by atoms with van der Waals surface area (Å²) < 4.78 is 38.8. The summed E-state index contributed by atoms with van der Waals surface area (Å²) in [6.45, 7) is 4.70. The number of halogens is 4. The van der Waals surface area contributed by atoms with E-state index in [-0.39, 0.29) is 0 Å². The van der Waals surface area contributed by atoms with Gasteiger partial charge in [0.05, 0.1) is 22.5 Å². The lowest BCUT2D eigenvalue weighted by Gasteiger charge is -2.10. The van der Waals surface area contributed by atoms with Gasteiger partial charge in [0.15, 0.2) is 0 Å². The summed E-state index contributed by atoms with van der Waals surface area (Å²) in [5, 5.41) is 7.31. The molecule has 1 aromatic carbocycles. The molecule has 0 radical (unpaired) electrons. The Morgan fingerprint density at radius 2 is 2.05 bits per heavy atom. The van der Waals surface area contributed by atoms with Gasteiger partial charge in [-0.2, -0.15) is 18.3 Å². The highest BCUT2D eigenvalue weighted by atomic mass is 35.5. The molecule has 0 bridgehead atoms. The van der Waals surface area contributed by atoms with Crippen LogP contribution in [0.5, 0.6) is 0 Å². The Hall–Kier alpha value is -1.53. The fourth-order valence-corrected chi connectivity index (χ4v) is 2.06. The molecule has 7 heteroatoms. The fraction of sp³-hybridized carbons (Fsp3) is 0.357. The van der Waals surface area contributed by atoms with E-state index < -0.39 is 11.7 Å². The van der Waals surface area contributed by atoms with Gasteiger partial charge in [-0.3, -0.25) is 0 Å². The van der Waals surface area contributed by atoms with Crippen LogP contribution in [-0.4, -0.2) is 15.8 Å². The molecule has 2 rings (SSSR count). The predicted molar refractivity (Wildman–Crippen MR) is 75.6 cm³/mol. The highest BCUT2D eigenvalue weighted by Gasteiger charge is 2.32. The van der Waals surface area contributed by atoms with Crippen molar-refractivity contribution in [1.82, 2.24) is 15.1 Å². The number of benzene rings is 1. The summed E-state index contributed by atoms with van der Waals surface area (Å²) in [6, 6.07) is 5.53. The lowest BCUT2D eigenvalue weighted by atomic mass is 10.2. The summed E-state index contributed by atoms with van der Waals surface area (Å²) >= 11 is 6.13. The van der Waals surface area contributed by atoms with Gasteiger partial charge in [-0.15, -0.1) is 0 Å². The van der Waals surface area contributed by atoms with Crippen molar-refractivity contribution in [1.29, 1.82) is 0 Å². The molecule has 0 unspecified atom stereocenters. The van der Waals surface area contributed by atoms with E-state index in [1.54, 1.807) is 12.1 Å². The van der Waals surface area contributed by atoms with Gasteiger partial charge in [0, 0.05) is 18.8 Å². The van der Waals surface area contributed by atoms with Crippen molar-refractivity contribution in [2.24, 2.45) is 0 Å². The quantitative estimate of drug-likeness (QED) is 0.922. The number of alkyl halides is 3. The minimum atomic E-state index is -4.41. The number of aromatic nitrogens is 2. The third kappa shape index (κ3) is 3.98. The average molecular weight is 318 g/mol. The Morgan fingerprint density at radius 1 is 1.33 bits per heavy atom. The largest absolute Gasteiger partial charge is 0.419 e. The third-order valence-electron chi connectivity index (χ3n) is 2.88. The van der Waals surface area contributed by atoms with Gasteiger partial charge in [0.2, 0.25) is 0 Å². The lowest BCUT2D eigenvalue weighted by molar-refractivity contribution is -0.137. The summed E-state index contributed by atoms with van der Waals surface area (Å²) in [4.78, 5) is 0. The second kappa shape index (κ2) is 6.07. The predicted octanol–water partition coefficient (Wildman–Crippen LogP) is 4.04. The first-order chi connectivity index (χ1) is 9.77.